The number of rotatable bonds is 3. The van der Waals surface area contributed by atoms with Crippen LogP contribution in [0, 0.1) is 46.5 Å². The number of benzene rings is 2. The van der Waals surface area contributed by atoms with Crippen molar-refractivity contribution in [3.05, 3.63) is 81.6 Å². The Morgan fingerprint density at radius 1 is 0.312 bits per heavy atom. The standard InChI is InChI=1S/C32H6F8S8/c33-17-13(9-5-11-27(45-9)31-29(47-11)25-7(43-31)1-3-41-25)18(34)22(38)15(21(17)37)16-23(39)19(35)14(20(36)24(16)40)10-6-12-28(46-10)32-30(48-12)26-8(44-32)2-4-42-26/h1-6H. The lowest BCUT2D eigenvalue weighted by Gasteiger charge is -2.15. The van der Waals surface area contributed by atoms with Gasteiger partial charge in [0.25, 0.3) is 0 Å². The minimum absolute atomic E-state index is 0.153. The van der Waals surface area contributed by atoms with E-state index in [4.69, 9.17) is 0 Å². The lowest BCUT2D eigenvalue weighted by atomic mass is 9.96. The van der Waals surface area contributed by atoms with Crippen molar-refractivity contribution in [2.45, 2.75) is 0 Å². The first-order chi connectivity index (χ1) is 23.1. The predicted octanol–water partition coefficient (Wildman–Crippen LogP) is 15.2. The number of halogens is 8. The summed E-state index contributed by atoms with van der Waals surface area (Å²) in [6, 6.07) is 6.69. The molecule has 10 aromatic rings. The van der Waals surface area contributed by atoms with Crippen LogP contribution in [0.1, 0.15) is 0 Å². The smallest absolute Gasteiger partial charge is 0.171 e. The van der Waals surface area contributed by atoms with Gasteiger partial charge in [0, 0.05) is 28.6 Å². The van der Waals surface area contributed by atoms with Crippen molar-refractivity contribution in [3.8, 4) is 32.0 Å². The minimum atomic E-state index is -2.18. The first kappa shape index (κ1) is 29.9. The molecule has 0 spiro atoms. The van der Waals surface area contributed by atoms with Crippen LogP contribution >= 0.6 is 90.7 Å². The predicted molar refractivity (Wildman–Crippen MR) is 190 cm³/mol. The molecule has 0 amide bonds. The molecule has 0 aliphatic carbocycles. The van der Waals surface area contributed by atoms with Crippen LogP contribution in [0.25, 0.3) is 88.4 Å². The molecule has 238 valence electrons. The highest BCUT2D eigenvalue weighted by Gasteiger charge is 2.36. The third-order valence-corrected chi connectivity index (χ3v) is 18.2. The van der Waals surface area contributed by atoms with Gasteiger partial charge in [0.15, 0.2) is 46.5 Å². The lowest BCUT2D eigenvalue weighted by molar-refractivity contribution is 0.446. The summed E-state index contributed by atoms with van der Waals surface area (Å²) < 4.78 is 135. The second-order valence-electron chi connectivity index (χ2n) is 10.6. The molecule has 0 fully saturated rings. The third-order valence-electron chi connectivity index (χ3n) is 8.01. The van der Waals surface area contributed by atoms with Crippen LogP contribution in [0.15, 0.2) is 35.0 Å². The summed E-state index contributed by atoms with van der Waals surface area (Å²) in [6.45, 7) is 0. The summed E-state index contributed by atoms with van der Waals surface area (Å²) in [5.74, 6) is -16.5. The highest BCUT2D eigenvalue weighted by Crippen LogP contribution is 2.53. The second-order valence-corrected chi connectivity index (χ2v) is 18.7. The summed E-state index contributed by atoms with van der Waals surface area (Å²) in [5.41, 5.74) is -5.91. The van der Waals surface area contributed by atoms with Crippen LogP contribution in [-0.2, 0) is 0 Å². The summed E-state index contributed by atoms with van der Waals surface area (Å²) in [6.07, 6.45) is 0. The van der Waals surface area contributed by atoms with Gasteiger partial charge in [-0.25, -0.2) is 35.1 Å². The van der Waals surface area contributed by atoms with Gasteiger partial charge in [-0.2, -0.15) is 0 Å². The molecule has 0 saturated carbocycles. The van der Waals surface area contributed by atoms with Gasteiger partial charge in [0.1, 0.15) is 0 Å². The Bertz CT molecular complexity index is 2750. The van der Waals surface area contributed by atoms with Crippen molar-refractivity contribution in [2.75, 3.05) is 0 Å². The van der Waals surface area contributed by atoms with Crippen LogP contribution in [-0.4, -0.2) is 0 Å². The van der Waals surface area contributed by atoms with E-state index in [9.17, 15) is 0 Å². The Balaban J connectivity index is 1.12. The minimum Gasteiger partial charge on any atom is -0.203 e. The number of hydrogen-bond donors (Lipinski definition) is 0. The molecule has 0 nitrogen and oxygen atoms in total. The normalized spacial score (nSPS) is 12.6. The highest BCUT2D eigenvalue weighted by atomic mass is 32.1. The largest absolute Gasteiger partial charge is 0.203 e. The molecule has 48 heavy (non-hydrogen) atoms. The Kier molecular flexibility index (Phi) is 6.41. The number of hydrogen-bond acceptors (Lipinski definition) is 8. The van der Waals surface area contributed by atoms with E-state index in [1.54, 1.807) is 22.7 Å². The second kappa shape index (κ2) is 10.3. The molecular formula is C32H6F8S8. The molecule has 0 unspecified atom stereocenters. The fourth-order valence-electron chi connectivity index (χ4n) is 5.91. The fourth-order valence-corrected chi connectivity index (χ4v) is 16.7. The molecule has 0 aliphatic heterocycles. The van der Waals surface area contributed by atoms with Crippen molar-refractivity contribution in [1.82, 2.24) is 0 Å². The van der Waals surface area contributed by atoms with E-state index in [2.05, 4.69) is 0 Å². The van der Waals surface area contributed by atoms with E-state index in [0.29, 0.717) is 18.8 Å². The van der Waals surface area contributed by atoms with Crippen LogP contribution in [0.4, 0.5) is 35.1 Å². The SMILES string of the molecule is Fc1c(F)c(-c2c(F)c(F)c(-c3cc4sc5c6sccc6sc5c4s3)c(F)c2F)c(F)c(F)c1-c1cc2sc3c4sccc4sc3c2s1. The van der Waals surface area contributed by atoms with E-state index in [1.165, 1.54) is 57.5 Å². The van der Waals surface area contributed by atoms with E-state index in [0.717, 1.165) is 60.3 Å². The van der Waals surface area contributed by atoms with E-state index >= 15 is 35.1 Å². The molecule has 0 atom stereocenters. The van der Waals surface area contributed by atoms with Gasteiger partial charge in [-0.1, -0.05) is 0 Å². The summed E-state index contributed by atoms with van der Waals surface area (Å²) in [4.78, 5) is -0.305. The summed E-state index contributed by atoms with van der Waals surface area (Å²) in [5, 5.41) is 3.89. The van der Waals surface area contributed by atoms with Crippen LogP contribution in [0.5, 0.6) is 0 Å². The van der Waals surface area contributed by atoms with Gasteiger partial charge in [-0.05, 0) is 35.0 Å². The topological polar surface area (TPSA) is 0 Å². The van der Waals surface area contributed by atoms with E-state index in [1.807, 2.05) is 22.9 Å². The maximum atomic E-state index is 15.6. The van der Waals surface area contributed by atoms with Gasteiger partial charge in [0.05, 0.1) is 59.9 Å². The molecule has 0 N–H and O–H groups in total. The number of fused-ring (bicyclic) bond motifs is 10. The maximum absolute atomic E-state index is 15.6. The molecule has 0 aliphatic rings. The van der Waals surface area contributed by atoms with Crippen LogP contribution < -0.4 is 0 Å². The van der Waals surface area contributed by atoms with E-state index in [-0.39, 0.29) is 9.75 Å². The molecule has 0 bridgehead atoms. The molecule has 2 aromatic carbocycles. The van der Waals surface area contributed by atoms with E-state index < -0.39 is 68.8 Å². The summed E-state index contributed by atoms with van der Waals surface area (Å²) in [7, 11) is 0. The van der Waals surface area contributed by atoms with Crippen LogP contribution in [0.3, 0.4) is 0 Å². The molecule has 0 radical (unpaired) electrons. The first-order valence-corrected chi connectivity index (χ1v) is 20.1. The Morgan fingerprint density at radius 2 is 0.625 bits per heavy atom. The number of thiophene rings is 8. The van der Waals surface area contributed by atoms with Gasteiger partial charge in [-0.15, -0.1) is 90.7 Å². The van der Waals surface area contributed by atoms with Crippen molar-refractivity contribution >= 4 is 147 Å². The van der Waals surface area contributed by atoms with Crippen molar-refractivity contribution < 1.29 is 35.1 Å². The van der Waals surface area contributed by atoms with Crippen molar-refractivity contribution in [3.63, 3.8) is 0 Å². The third kappa shape index (κ3) is 3.82. The molecule has 10 rings (SSSR count). The Hall–Kier alpha value is -2.96. The zero-order valence-electron chi connectivity index (χ0n) is 22.8. The Labute approximate surface area is 293 Å². The molecule has 8 aromatic heterocycles. The lowest BCUT2D eigenvalue weighted by Crippen LogP contribution is -2.09. The van der Waals surface area contributed by atoms with Crippen molar-refractivity contribution in [2.24, 2.45) is 0 Å². The van der Waals surface area contributed by atoms with Gasteiger partial charge < -0.3 is 0 Å². The fraction of sp³-hybridized carbons (Fsp3) is 0. The average Bonchev–Trinajstić information content (AvgIpc) is 3.89. The molecular weight excluding hydrogens is 793 g/mol. The van der Waals surface area contributed by atoms with Crippen LogP contribution in [0.2, 0.25) is 0 Å². The maximum Gasteiger partial charge on any atom is 0.171 e. The van der Waals surface area contributed by atoms with Gasteiger partial charge in [-0.3, -0.25) is 0 Å². The molecule has 8 heterocycles. The highest BCUT2D eigenvalue weighted by molar-refractivity contribution is 7.45. The van der Waals surface area contributed by atoms with Gasteiger partial charge >= 0.3 is 0 Å². The van der Waals surface area contributed by atoms with Gasteiger partial charge in [0.2, 0.25) is 0 Å². The Morgan fingerprint density at radius 3 is 1.00 bits per heavy atom. The zero-order chi connectivity index (χ0) is 32.9. The molecule has 16 heteroatoms. The first-order valence-electron chi connectivity index (χ1n) is 13.5. The average molecular weight is 799 g/mol. The monoisotopic (exact) mass is 798 g/mol. The summed E-state index contributed by atoms with van der Waals surface area (Å²) >= 11 is 10.6. The molecule has 0 saturated heterocycles. The quantitative estimate of drug-likeness (QED) is 0.123. The van der Waals surface area contributed by atoms with Crippen molar-refractivity contribution in [1.29, 1.82) is 0 Å². The zero-order valence-corrected chi connectivity index (χ0v) is 29.3.